The summed E-state index contributed by atoms with van der Waals surface area (Å²) in [6.07, 6.45) is -36.9. The summed E-state index contributed by atoms with van der Waals surface area (Å²) in [4.78, 5) is 0. The fourth-order valence-electron chi connectivity index (χ4n) is 7.30. The number of hydrogen-bond donors (Lipinski definition) is 17. The van der Waals surface area contributed by atoms with Gasteiger partial charge >= 0.3 is 0 Å². The van der Waals surface area contributed by atoms with Crippen LogP contribution in [0.25, 0.3) is 0 Å². The van der Waals surface area contributed by atoms with Gasteiger partial charge in [0.1, 0.15) is 104 Å². The monoisotopic (exact) mass is 807 g/mol. The minimum absolute atomic E-state index is 0.00324. The van der Waals surface area contributed by atoms with Crippen molar-refractivity contribution in [2.75, 3.05) is 26.4 Å². The van der Waals surface area contributed by atoms with Crippen molar-refractivity contribution in [3.05, 3.63) is 11.6 Å². The van der Waals surface area contributed by atoms with Crippen molar-refractivity contribution in [3.8, 4) is 0 Å². The Morgan fingerprint density at radius 3 is 1.38 bits per heavy atom. The molecule has 4 saturated heterocycles. The molecule has 5 rings (SSSR count). The summed E-state index contributed by atoms with van der Waals surface area (Å²) in [5.74, 6) is 0. The van der Waals surface area contributed by atoms with E-state index in [1.165, 1.54) is 13.0 Å². The van der Waals surface area contributed by atoms with Gasteiger partial charge in [0.05, 0.1) is 44.6 Å². The number of rotatable bonds is 12. The van der Waals surface area contributed by atoms with Gasteiger partial charge in [0.25, 0.3) is 0 Å². The van der Waals surface area contributed by atoms with Gasteiger partial charge in [0, 0.05) is 0 Å². The maximum Gasteiger partial charge on any atom is 0.187 e. The molecule has 0 aromatic rings. The predicted octanol–water partition coefficient (Wildman–Crippen LogP) is -10.7. The molecule has 24 nitrogen and oxygen atoms in total. The topological polar surface area (TPSA) is 400 Å². The molecule has 0 spiro atoms. The van der Waals surface area contributed by atoms with Gasteiger partial charge in [-0.25, -0.2) is 0 Å². The van der Waals surface area contributed by atoms with Crippen LogP contribution < -0.4 is 5.32 Å². The van der Waals surface area contributed by atoms with E-state index in [1.54, 1.807) is 0 Å². The molecule has 0 radical (unpaired) electrons. The molecular formula is C31H53NO23. The fraction of sp³-hybridized carbons (Fsp3) is 0.935. The molecule has 24 heteroatoms. The molecule has 0 unspecified atom stereocenters. The van der Waals surface area contributed by atoms with Gasteiger partial charge in [-0.05, 0) is 12.5 Å². The number of nitrogens with one attached hydrogen (secondary N) is 1. The van der Waals surface area contributed by atoms with E-state index in [-0.39, 0.29) is 5.57 Å². The maximum atomic E-state index is 11.1. The van der Waals surface area contributed by atoms with Crippen molar-refractivity contribution in [2.45, 2.75) is 154 Å². The van der Waals surface area contributed by atoms with Gasteiger partial charge in [0.15, 0.2) is 25.2 Å². The SMILES string of the molecule is C[C@H]1O[C@H](O[C@H]2[C@H](O)[C@@H](O)[C@@H](O[C@H]3[C@H](O)[C@@H](O)[C@@H](O[C@H]4[C@H](O)[C@@H](O)[C@@H](O)O[C@@H]4CO)O[C@@H]3CO)O[C@@H]2CO)[C@H](O)[C@H](O)[C@@H]1N[C@H]1C=C(CO)[C@H](O)[C@@H](O)[C@@H]1O. The molecule has 0 bridgehead atoms. The highest BCUT2D eigenvalue weighted by Gasteiger charge is 2.55. The van der Waals surface area contributed by atoms with E-state index in [0.29, 0.717) is 0 Å². The predicted molar refractivity (Wildman–Crippen MR) is 170 cm³/mol. The summed E-state index contributed by atoms with van der Waals surface area (Å²) in [5, 5.41) is 169. The van der Waals surface area contributed by atoms with Gasteiger partial charge in [0.2, 0.25) is 0 Å². The summed E-state index contributed by atoms with van der Waals surface area (Å²) in [6.45, 7) is -1.84. The molecule has 55 heavy (non-hydrogen) atoms. The average molecular weight is 808 g/mol. The van der Waals surface area contributed by atoms with E-state index in [0.717, 1.165) is 0 Å². The lowest BCUT2D eigenvalue weighted by molar-refractivity contribution is -0.385. The Bertz CT molecular complexity index is 1250. The first-order chi connectivity index (χ1) is 26.0. The van der Waals surface area contributed by atoms with Crippen molar-refractivity contribution in [2.24, 2.45) is 0 Å². The van der Waals surface area contributed by atoms with Crippen LogP contribution in [0.1, 0.15) is 6.92 Å². The molecule has 4 heterocycles. The van der Waals surface area contributed by atoms with Crippen molar-refractivity contribution in [1.82, 2.24) is 5.32 Å². The van der Waals surface area contributed by atoms with Crippen LogP contribution in [0.15, 0.2) is 11.6 Å². The number of aliphatic hydroxyl groups excluding tert-OH is 16. The largest absolute Gasteiger partial charge is 0.394 e. The van der Waals surface area contributed by atoms with Gasteiger partial charge in [-0.15, -0.1) is 0 Å². The maximum absolute atomic E-state index is 11.1. The van der Waals surface area contributed by atoms with Crippen LogP contribution in [0.2, 0.25) is 0 Å². The highest BCUT2D eigenvalue weighted by molar-refractivity contribution is 5.22. The summed E-state index contributed by atoms with van der Waals surface area (Å²) in [6, 6.07) is -2.26. The Balaban J connectivity index is 1.22. The van der Waals surface area contributed by atoms with E-state index in [2.05, 4.69) is 5.32 Å². The molecule has 0 aromatic heterocycles. The molecule has 0 amide bonds. The van der Waals surface area contributed by atoms with Gasteiger partial charge in [-0.1, -0.05) is 6.08 Å². The highest BCUT2D eigenvalue weighted by atomic mass is 16.8. The average Bonchev–Trinajstić information content (AvgIpc) is 3.17. The molecule has 4 aliphatic heterocycles. The standard InChI is InChI=1S/C31H53NO23/c1-7-13(32-9-2-8(3-33)14(37)17(40)15(9)38)16(39)22(45)29(49-7)53-26-11(5-35)51-31(23(46)19(26)42)55-27-12(6-36)52-30(24(47)20(27)43)54-25-10(4-34)50-28(48)21(44)18(25)41/h2,7,9-48H,3-6H2,1H3/t7-,9+,10-,11-,12-,13-,14+,15-,16-,17-,18-,19-,20-,21-,22-,23-,24-,25-,26-,27-,28+,29-,30-,31-/m1/s1. The first kappa shape index (κ1) is 44.9. The van der Waals surface area contributed by atoms with Crippen molar-refractivity contribution >= 4 is 0 Å². The number of aliphatic hydroxyl groups is 16. The molecule has 5 aliphatic rings. The lowest BCUT2D eigenvalue weighted by Gasteiger charge is -2.49. The Kier molecular flexibility index (Phi) is 15.3. The van der Waals surface area contributed by atoms with Crippen LogP contribution in [-0.4, -0.2) is 255 Å². The summed E-state index contributed by atoms with van der Waals surface area (Å²) in [7, 11) is 0. The Morgan fingerprint density at radius 2 is 0.927 bits per heavy atom. The number of hydrogen-bond acceptors (Lipinski definition) is 24. The minimum Gasteiger partial charge on any atom is -0.394 e. The molecule has 24 atom stereocenters. The second-order valence-electron chi connectivity index (χ2n) is 14.2. The molecule has 0 saturated carbocycles. The van der Waals surface area contributed by atoms with E-state index in [4.69, 9.17) is 33.2 Å². The normalized spacial score (nSPS) is 52.5. The smallest absolute Gasteiger partial charge is 0.187 e. The van der Waals surface area contributed by atoms with Crippen molar-refractivity contribution in [1.29, 1.82) is 0 Å². The zero-order valence-electron chi connectivity index (χ0n) is 29.3. The van der Waals surface area contributed by atoms with E-state index >= 15 is 0 Å². The third-order valence-electron chi connectivity index (χ3n) is 10.6. The van der Waals surface area contributed by atoms with Crippen LogP contribution in [0.3, 0.4) is 0 Å². The van der Waals surface area contributed by atoms with Gasteiger partial charge in [-0.2, -0.15) is 0 Å². The van der Waals surface area contributed by atoms with Crippen LogP contribution in [0.4, 0.5) is 0 Å². The molecule has 1 aliphatic carbocycles. The number of ether oxygens (including phenoxy) is 7. The van der Waals surface area contributed by atoms with E-state index < -0.39 is 174 Å². The zero-order chi connectivity index (χ0) is 40.6. The summed E-state index contributed by atoms with van der Waals surface area (Å²) >= 11 is 0. The quantitative estimate of drug-likeness (QED) is 0.0814. The highest BCUT2D eigenvalue weighted by Crippen LogP contribution is 2.34. The van der Waals surface area contributed by atoms with Crippen molar-refractivity contribution < 1.29 is 115 Å². The summed E-state index contributed by atoms with van der Waals surface area (Å²) in [5.41, 5.74) is -0.00324. The Morgan fingerprint density at radius 1 is 0.509 bits per heavy atom. The first-order valence-corrected chi connectivity index (χ1v) is 17.6. The van der Waals surface area contributed by atoms with Crippen LogP contribution in [0.5, 0.6) is 0 Å². The second kappa shape index (κ2) is 18.8. The van der Waals surface area contributed by atoms with Gasteiger partial charge < -0.3 is 120 Å². The zero-order valence-corrected chi connectivity index (χ0v) is 29.3. The minimum atomic E-state index is -2.04. The van der Waals surface area contributed by atoms with Crippen LogP contribution >= 0.6 is 0 Å². The second-order valence-corrected chi connectivity index (χ2v) is 14.2. The van der Waals surface area contributed by atoms with E-state index in [9.17, 15) is 81.7 Å². The third-order valence-corrected chi connectivity index (χ3v) is 10.6. The Labute approximate surface area is 312 Å². The third kappa shape index (κ3) is 9.03. The van der Waals surface area contributed by atoms with Crippen LogP contribution in [0, 0.1) is 0 Å². The van der Waals surface area contributed by atoms with E-state index in [1.807, 2.05) is 0 Å². The molecule has 4 fully saturated rings. The molecule has 0 aromatic carbocycles. The van der Waals surface area contributed by atoms with Crippen molar-refractivity contribution in [3.63, 3.8) is 0 Å². The Hall–Kier alpha value is -1.22. The lowest BCUT2D eigenvalue weighted by atomic mass is 9.86. The first-order valence-electron chi connectivity index (χ1n) is 17.6. The molecular weight excluding hydrogens is 754 g/mol. The van der Waals surface area contributed by atoms with Gasteiger partial charge in [-0.3, -0.25) is 0 Å². The fourth-order valence-corrected chi connectivity index (χ4v) is 7.30. The molecule has 320 valence electrons. The molecule has 17 N–H and O–H groups in total. The lowest BCUT2D eigenvalue weighted by Crippen LogP contribution is -2.68. The van der Waals surface area contributed by atoms with Crippen LogP contribution in [-0.2, 0) is 33.2 Å². The summed E-state index contributed by atoms with van der Waals surface area (Å²) < 4.78 is 38.7.